The molecule has 0 N–H and O–H groups in total. The zero-order valence-corrected chi connectivity index (χ0v) is 22.7. The van der Waals surface area contributed by atoms with Crippen LogP contribution < -0.4 is 4.90 Å². The fourth-order valence-electron chi connectivity index (χ4n) is 5.16. The second-order valence-electron chi connectivity index (χ2n) is 9.73. The number of anilines is 1. The van der Waals surface area contributed by atoms with E-state index in [1.165, 1.54) is 0 Å². The lowest BCUT2D eigenvalue weighted by atomic mass is 10.0. The van der Waals surface area contributed by atoms with Crippen LogP contribution in [0.4, 0.5) is 5.69 Å². The van der Waals surface area contributed by atoms with Gasteiger partial charge < -0.3 is 9.64 Å². The van der Waals surface area contributed by atoms with E-state index in [1.54, 1.807) is 11.0 Å². The van der Waals surface area contributed by atoms with Gasteiger partial charge in [0, 0.05) is 22.9 Å². The van der Waals surface area contributed by atoms with Crippen LogP contribution in [-0.2, 0) is 9.53 Å². The highest BCUT2D eigenvalue weighted by atomic mass is 16.5. The van der Waals surface area contributed by atoms with E-state index in [9.17, 15) is 9.59 Å². The number of likely N-dealkylation sites (N-methyl/N-ethyl adjacent to an activating group) is 1. The number of hydrogen-bond donors (Lipinski definition) is 0. The summed E-state index contributed by atoms with van der Waals surface area (Å²) in [6.07, 6.45) is 0. The molecular formula is C36H28N2O3. The summed E-state index contributed by atoms with van der Waals surface area (Å²) in [4.78, 5) is 33.2. The second kappa shape index (κ2) is 11.4. The van der Waals surface area contributed by atoms with Crippen molar-refractivity contribution in [2.45, 2.75) is 6.92 Å². The van der Waals surface area contributed by atoms with Crippen molar-refractivity contribution in [2.75, 3.05) is 18.1 Å². The van der Waals surface area contributed by atoms with Gasteiger partial charge in [0.1, 0.15) is 0 Å². The Labute approximate surface area is 238 Å². The van der Waals surface area contributed by atoms with Crippen LogP contribution in [0.3, 0.4) is 0 Å². The molecule has 6 rings (SSSR count). The molecule has 0 radical (unpaired) electrons. The van der Waals surface area contributed by atoms with Crippen LogP contribution in [-0.4, -0.2) is 30.0 Å². The number of esters is 1. The van der Waals surface area contributed by atoms with E-state index < -0.39 is 5.97 Å². The van der Waals surface area contributed by atoms with E-state index >= 15 is 0 Å². The number of pyridine rings is 1. The van der Waals surface area contributed by atoms with Gasteiger partial charge in [0.05, 0.1) is 22.5 Å². The minimum Gasteiger partial charge on any atom is -0.452 e. The number of hydrogen-bond acceptors (Lipinski definition) is 4. The molecule has 200 valence electrons. The molecule has 0 atom stereocenters. The van der Waals surface area contributed by atoms with Crippen LogP contribution in [0.2, 0.25) is 0 Å². The van der Waals surface area contributed by atoms with Gasteiger partial charge in [0.25, 0.3) is 5.91 Å². The molecule has 0 saturated heterocycles. The first-order chi connectivity index (χ1) is 20.1. The number of para-hydroxylation sites is 1. The number of fused-ring (bicyclic) bond motifs is 2. The summed E-state index contributed by atoms with van der Waals surface area (Å²) in [7, 11) is 0. The lowest BCUT2D eigenvalue weighted by Gasteiger charge is -2.22. The van der Waals surface area contributed by atoms with E-state index in [0.717, 1.165) is 33.2 Å². The van der Waals surface area contributed by atoms with Crippen molar-refractivity contribution in [3.05, 3.63) is 133 Å². The molecule has 0 spiro atoms. The molecule has 5 heteroatoms. The fourth-order valence-corrected chi connectivity index (χ4v) is 5.16. The number of rotatable bonds is 7. The standard InChI is InChI=1S/C36H28N2O3/c1-2-38(34-18-10-14-27-13-6-7-15-29(27)34)35(39)24-41-36(40)31-23-33(37-32-17-9-8-16-30(31)32)28-21-19-26(20-22-28)25-11-4-3-5-12-25/h3-23H,2,24H2,1H3. The zero-order chi connectivity index (χ0) is 28.2. The molecule has 0 aliphatic heterocycles. The number of ether oxygens (including phenoxy) is 1. The Hall–Kier alpha value is -5.29. The van der Waals surface area contributed by atoms with Crippen LogP contribution in [0.1, 0.15) is 17.3 Å². The molecule has 1 amide bonds. The lowest BCUT2D eigenvalue weighted by Crippen LogP contribution is -2.34. The second-order valence-corrected chi connectivity index (χ2v) is 9.73. The largest absolute Gasteiger partial charge is 0.452 e. The molecule has 0 fully saturated rings. The molecule has 0 unspecified atom stereocenters. The number of carbonyl (C=O) groups is 2. The number of carbonyl (C=O) groups excluding carboxylic acids is 2. The molecule has 5 nitrogen and oxygen atoms in total. The zero-order valence-electron chi connectivity index (χ0n) is 22.7. The van der Waals surface area contributed by atoms with Crippen molar-refractivity contribution >= 4 is 39.2 Å². The lowest BCUT2D eigenvalue weighted by molar-refractivity contribution is -0.121. The third kappa shape index (κ3) is 5.30. The van der Waals surface area contributed by atoms with Gasteiger partial charge >= 0.3 is 5.97 Å². The van der Waals surface area contributed by atoms with E-state index in [2.05, 4.69) is 12.1 Å². The number of amides is 1. The smallest absolute Gasteiger partial charge is 0.339 e. The number of nitrogens with zero attached hydrogens (tertiary/aromatic N) is 2. The van der Waals surface area contributed by atoms with Gasteiger partial charge in [-0.1, -0.05) is 109 Å². The number of benzene rings is 5. The maximum atomic E-state index is 13.4. The quantitative estimate of drug-likeness (QED) is 0.194. The van der Waals surface area contributed by atoms with E-state index in [-0.39, 0.29) is 12.5 Å². The highest BCUT2D eigenvalue weighted by molar-refractivity contribution is 6.07. The molecule has 1 aromatic heterocycles. The summed E-state index contributed by atoms with van der Waals surface area (Å²) in [6, 6.07) is 41.2. The van der Waals surface area contributed by atoms with Gasteiger partial charge in [-0.05, 0) is 41.6 Å². The topological polar surface area (TPSA) is 59.5 Å². The molecule has 0 aliphatic rings. The van der Waals surface area contributed by atoms with Gasteiger partial charge in [0.15, 0.2) is 6.61 Å². The molecule has 0 saturated carbocycles. The Kier molecular flexibility index (Phi) is 7.25. The van der Waals surface area contributed by atoms with Crippen LogP contribution in [0, 0.1) is 0 Å². The Morgan fingerprint density at radius 1 is 0.683 bits per heavy atom. The summed E-state index contributed by atoms with van der Waals surface area (Å²) < 4.78 is 5.62. The molecule has 1 heterocycles. The van der Waals surface area contributed by atoms with Crippen molar-refractivity contribution < 1.29 is 14.3 Å². The van der Waals surface area contributed by atoms with Crippen LogP contribution in [0.15, 0.2) is 127 Å². The van der Waals surface area contributed by atoms with Gasteiger partial charge in [-0.2, -0.15) is 0 Å². The Morgan fingerprint density at radius 2 is 1.32 bits per heavy atom. The third-order valence-electron chi connectivity index (χ3n) is 7.23. The summed E-state index contributed by atoms with van der Waals surface area (Å²) in [5, 5.41) is 2.69. The van der Waals surface area contributed by atoms with E-state index in [0.29, 0.717) is 28.7 Å². The molecular weight excluding hydrogens is 508 g/mol. The molecule has 41 heavy (non-hydrogen) atoms. The average Bonchev–Trinajstić information content (AvgIpc) is 3.04. The van der Waals surface area contributed by atoms with Crippen molar-refractivity contribution in [3.63, 3.8) is 0 Å². The normalized spacial score (nSPS) is 11.0. The van der Waals surface area contributed by atoms with Crippen molar-refractivity contribution in [2.24, 2.45) is 0 Å². The van der Waals surface area contributed by atoms with Crippen LogP contribution in [0.25, 0.3) is 44.1 Å². The first kappa shape index (κ1) is 26.0. The molecule has 5 aromatic carbocycles. The third-order valence-corrected chi connectivity index (χ3v) is 7.23. The van der Waals surface area contributed by atoms with Crippen molar-refractivity contribution in [1.29, 1.82) is 0 Å². The Bertz CT molecular complexity index is 1860. The molecule has 0 aliphatic carbocycles. The Morgan fingerprint density at radius 3 is 2.10 bits per heavy atom. The highest BCUT2D eigenvalue weighted by Gasteiger charge is 2.20. The minimum absolute atomic E-state index is 0.285. The van der Waals surface area contributed by atoms with E-state index in [1.807, 2.05) is 116 Å². The van der Waals surface area contributed by atoms with Gasteiger partial charge in [-0.15, -0.1) is 0 Å². The van der Waals surface area contributed by atoms with Crippen molar-refractivity contribution in [3.8, 4) is 22.4 Å². The Balaban J connectivity index is 1.26. The summed E-state index contributed by atoms with van der Waals surface area (Å²) in [6.45, 7) is 1.99. The maximum absolute atomic E-state index is 13.4. The van der Waals surface area contributed by atoms with Crippen LogP contribution >= 0.6 is 0 Å². The van der Waals surface area contributed by atoms with Crippen LogP contribution in [0.5, 0.6) is 0 Å². The predicted molar refractivity (Wildman–Crippen MR) is 165 cm³/mol. The SMILES string of the molecule is CCN(C(=O)COC(=O)c1cc(-c2ccc(-c3ccccc3)cc2)nc2ccccc12)c1cccc2ccccc12. The summed E-state index contributed by atoms with van der Waals surface area (Å²) in [5.41, 5.74) is 5.62. The van der Waals surface area contributed by atoms with Gasteiger partial charge in [0.2, 0.25) is 0 Å². The monoisotopic (exact) mass is 536 g/mol. The van der Waals surface area contributed by atoms with E-state index in [4.69, 9.17) is 9.72 Å². The summed E-state index contributed by atoms with van der Waals surface area (Å²) >= 11 is 0. The maximum Gasteiger partial charge on any atom is 0.339 e. The first-order valence-electron chi connectivity index (χ1n) is 13.6. The predicted octanol–water partition coefficient (Wildman–Crippen LogP) is 7.93. The first-order valence-corrected chi connectivity index (χ1v) is 13.6. The summed E-state index contributed by atoms with van der Waals surface area (Å²) in [5.74, 6) is -0.847. The van der Waals surface area contributed by atoms with Crippen molar-refractivity contribution in [1.82, 2.24) is 4.98 Å². The fraction of sp³-hybridized carbons (Fsp3) is 0.0833. The highest BCUT2D eigenvalue weighted by Crippen LogP contribution is 2.29. The van der Waals surface area contributed by atoms with Gasteiger partial charge in [-0.25, -0.2) is 9.78 Å². The number of aromatic nitrogens is 1. The van der Waals surface area contributed by atoms with Gasteiger partial charge in [-0.3, -0.25) is 4.79 Å². The average molecular weight is 537 g/mol. The minimum atomic E-state index is -0.562. The molecule has 0 bridgehead atoms. The molecule has 6 aromatic rings.